The first-order valence-electron chi connectivity index (χ1n) is 8.18. The number of ether oxygens (including phenoxy) is 2. The number of nitrogens with one attached hydrogen (secondary N) is 2. The molecular formula is C19H25FIN3O2. The summed E-state index contributed by atoms with van der Waals surface area (Å²) in [6.45, 7) is 3.19. The number of guanidine groups is 1. The van der Waals surface area contributed by atoms with E-state index in [1.807, 2.05) is 31.2 Å². The van der Waals surface area contributed by atoms with Crippen molar-refractivity contribution >= 4 is 35.6 Å². The van der Waals surface area contributed by atoms with Crippen LogP contribution in [0.2, 0.25) is 0 Å². The molecule has 0 aromatic heterocycles. The van der Waals surface area contributed by atoms with Crippen molar-refractivity contribution in [1.29, 1.82) is 0 Å². The van der Waals surface area contributed by atoms with Crippen LogP contribution in [-0.2, 0) is 6.42 Å². The molecule has 0 unspecified atom stereocenters. The molecule has 26 heavy (non-hydrogen) atoms. The van der Waals surface area contributed by atoms with E-state index in [9.17, 15) is 4.39 Å². The molecule has 0 saturated carbocycles. The topological polar surface area (TPSA) is 54.9 Å². The lowest BCUT2D eigenvalue weighted by Gasteiger charge is -2.14. The zero-order chi connectivity index (χ0) is 18.1. The highest BCUT2D eigenvalue weighted by Crippen LogP contribution is 2.29. The lowest BCUT2D eigenvalue weighted by molar-refractivity contribution is 0.355. The van der Waals surface area contributed by atoms with E-state index in [1.54, 1.807) is 26.4 Å². The molecule has 0 radical (unpaired) electrons. The molecule has 7 heteroatoms. The Kier molecular flexibility index (Phi) is 9.79. The zero-order valence-electron chi connectivity index (χ0n) is 15.2. The van der Waals surface area contributed by atoms with Crippen molar-refractivity contribution in [3.05, 3.63) is 53.8 Å². The molecule has 2 aromatic rings. The van der Waals surface area contributed by atoms with Gasteiger partial charge in [-0.3, -0.25) is 4.99 Å². The number of halogens is 2. The largest absolute Gasteiger partial charge is 0.493 e. The molecule has 142 valence electrons. The predicted molar refractivity (Wildman–Crippen MR) is 115 cm³/mol. The van der Waals surface area contributed by atoms with Gasteiger partial charge in [0.1, 0.15) is 5.82 Å². The maximum atomic E-state index is 13.7. The number of rotatable bonds is 7. The van der Waals surface area contributed by atoms with Crippen LogP contribution in [-0.4, -0.2) is 33.3 Å². The van der Waals surface area contributed by atoms with E-state index in [0.29, 0.717) is 36.0 Å². The average Bonchev–Trinajstić information content (AvgIpc) is 2.63. The van der Waals surface area contributed by atoms with Crippen LogP contribution in [0.5, 0.6) is 11.5 Å². The standard InChI is InChI=1S/C19H24FN3O2.HI/c1-4-21-19(22-12-11-14-7-5-6-8-16(14)20)23-15-9-10-17(24-2)18(13-15)25-3;/h5-10,13H,4,11-12H2,1-3H3,(H2,21,22,23);1H. The molecule has 5 nitrogen and oxygen atoms in total. The molecule has 0 heterocycles. The number of nitrogens with zero attached hydrogens (tertiary/aromatic N) is 1. The lowest BCUT2D eigenvalue weighted by Crippen LogP contribution is -2.30. The van der Waals surface area contributed by atoms with E-state index >= 15 is 0 Å². The summed E-state index contributed by atoms with van der Waals surface area (Å²) in [5, 5.41) is 6.39. The van der Waals surface area contributed by atoms with Crippen molar-refractivity contribution in [2.75, 3.05) is 32.6 Å². The van der Waals surface area contributed by atoms with E-state index in [-0.39, 0.29) is 29.8 Å². The van der Waals surface area contributed by atoms with Crippen LogP contribution >= 0.6 is 24.0 Å². The summed E-state index contributed by atoms with van der Waals surface area (Å²) in [5.74, 6) is 1.73. The lowest BCUT2D eigenvalue weighted by atomic mass is 10.1. The van der Waals surface area contributed by atoms with Gasteiger partial charge >= 0.3 is 0 Å². The van der Waals surface area contributed by atoms with Gasteiger partial charge < -0.3 is 20.1 Å². The van der Waals surface area contributed by atoms with Crippen LogP contribution in [0.3, 0.4) is 0 Å². The molecule has 0 bridgehead atoms. The number of aliphatic imine (C=N–C) groups is 1. The molecule has 0 aliphatic carbocycles. The normalized spacial score (nSPS) is 10.7. The summed E-state index contributed by atoms with van der Waals surface area (Å²) in [5.41, 5.74) is 1.48. The van der Waals surface area contributed by atoms with Gasteiger partial charge in [-0.05, 0) is 37.1 Å². The number of hydrogen-bond acceptors (Lipinski definition) is 3. The Hall–Kier alpha value is -2.03. The first-order chi connectivity index (χ1) is 12.2. The van der Waals surface area contributed by atoms with Crippen LogP contribution < -0.4 is 20.1 Å². The van der Waals surface area contributed by atoms with Crippen LogP contribution in [0.1, 0.15) is 12.5 Å². The number of anilines is 1. The molecular weight excluding hydrogens is 448 g/mol. The second kappa shape index (κ2) is 11.6. The highest BCUT2D eigenvalue weighted by molar-refractivity contribution is 14.0. The summed E-state index contributed by atoms with van der Waals surface area (Å²) in [6.07, 6.45) is 0.537. The maximum absolute atomic E-state index is 13.7. The molecule has 2 rings (SSSR count). The number of methoxy groups -OCH3 is 2. The van der Waals surface area contributed by atoms with Crippen molar-refractivity contribution < 1.29 is 13.9 Å². The van der Waals surface area contributed by atoms with E-state index < -0.39 is 0 Å². The van der Waals surface area contributed by atoms with Gasteiger partial charge in [-0.15, -0.1) is 24.0 Å². The second-order valence-corrected chi connectivity index (χ2v) is 5.30. The third-order valence-corrected chi connectivity index (χ3v) is 3.60. The Balaban J connectivity index is 0.00000338. The quantitative estimate of drug-likeness (QED) is 0.362. The fraction of sp³-hybridized carbons (Fsp3) is 0.316. The van der Waals surface area contributed by atoms with Gasteiger partial charge in [-0.2, -0.15) is 0 Å². The highest BCUT2D eigenvalue weighted by atomic mass is 127. The van der Waals surface area contributed by atoms with Crippen LogP contribution in [0.25, 0.3) is 0 Å². The van der Waals surface area contributed by atoms with Gasteiger partial charge in [0.05, 0.1) is 14.2 Å². The molecule has 2 N–H and O–H groups in total. The Morgan fingerprint density at radius 3 is 2.46 bits per heavy atom. The number of benzene rings is 2. The number of hydrogen-bond donors (Lipinski definition) is 2. The summed E-state index contributed by atoms with van der Waals surface area (Å²) >= 11 is 0. The monoisotopic (exact) mass is 473 g/mol. The van der Waals surface area contributed by atoms with Crippen molar-refractivity contribution in [2.24, 2.45) is 4.99 Å². The van der Waals surface area contributed by atoms with Crippen molar-refractivity contribution in [3.8, 4) is 11.5 Å². The molecule has 0 fully saturated rings. The smallest absolute Gasteiger partial charge is 0.195 e. The van der Waals surface area contributed by atoms with Gasteiger partial charge in [0, 0.05) is 24.8 Å². The Bertz CT molecular complexity index is 726. The third kappa shape index (κ3) is 6.36. The fourth-order valence-electron chi connectivity index (χ4n) is 2.35. The van der Waals surface area contributed by atoms with Gasteiger partial charge in [0.2, 0.25) is 0 Å². The highest BCUT2D eigenvalue weighted by Gasteiger charge is 2.06. The summed E-state index contributed by atoms with van der Waals surface area (Å²) < 4.78 is 24.2. The van der Waals surface area contributed by atoms with Crippen molar-refractivity contribution in [2.45, 2.75) is 13.3 Å². The zero-order valence-corrected chi connectivity index (χ0v) is 17.5. The van der Waals surface area contributed by atoms with E-state index in [2.05, 4.69) is 15.6 Å². The minimum Gasteiger partial charge on any atom is -0.493 e. The minimum absolute atomic E-state index is 0. The van der Waals surface area contributed by atoms with Gasteiger partial charge in [-0.1, -0.05) is 18.2 Å². The molecule has 0 aliphatic heterocycles. The Morgan fingerprint density at radius 2 is 1.81 bits per heavy atom. The third-order valence-electron chi connectivity index (χ3n) is 3.60. The first-order valence-corrected chi connectivity index (χ1v) is 8.18. The van der Waals surface area contributed by atoms with E-state index in [4.69, 9.17) is 9.47 Å². The van der Waals surface area contributed by atoms with E-state index in [0.717, 1.165) is 12.2 Å². The predicted octanol–water partition coefficient (Wildman–Crippen LogP) is 4.08. The summed E-state index contributed by atoms with van der Waals surface area (Å²) in [4.78, 5) is 4.50. The fourth-order valence-corrected chi connectivity index (χ4v) is 2.35. The Morgan fingerprint density at radius 1 is 1.08 bits per heavy atom. The molecule has 0 atom stereocenters. The molecule has 0 amide bonds. The first kappa shape index (κ1) is 22.0. The van der Waals surface area contributed by atoms with Gasteiger partial charge in [-0.25, -0.2) is 4.39 Å². The van der Waals surface area contributed by atoms with E-state index in [1.165, 1.54) is 6.07 Å². The summed E-state index contributed by atoms with van der Waals surface area (Å²) in [7, 11) is 3.19. The Labute approximate surface area is 171 Å². The van der Waals surface area contributed by atoms with Crippen molar-refractivity contribution in [3.63, 3.8) is 0 Å². The van der Waals surface area contributed by atoms with Gasteiger partial charge in [0.15, 0.2) is 17.5 Å². The molecule has 0 aliphatic rings. The molecule has 0 spiro atoms. The second-order valence-electron chi connectivity index (χ2n) is 5.30. The van der Waals surface area contributed by atoms with Crippen LogP contribution in [0.4, 0.5) is 10.1 Å². The summed E-state index contributed by atoms with van der Waals surface area (Å²) in [6, 6.07) is 12.3. The average molecular weight is 473 g/mol. The SMILES string of the molecule is CCNC(=NCCc1ccccc1F)Nc1ccc(OC)c(OC)c1.I. The maximum Gasteiger partial charge on any atom is 0.195 e. The van der Waals surface area contributed by atoms with Crippen LogP contribution in [0.15, 0.2) is 47.5 Å². The van der Waals surface area contributed by atoms with Crippen LogP contribution in [0, 0.1) is 5.82 Å². The molecule has 2 aromatic carbocycles. The molecule has 0 saturated heterocycles. The minimum atomic E-state index is -0.199. The van der Waals surface area contributed by atoms with Crippen molar-refractivity contribution in [1.82, 2.24) is 5.32 Å². The van der Waals surface area contributed by atoms with Gasteiger partial charge in [0.25, 0.3) is 0 Å².